The van der Waals surface area contributed by atoms with E-state index in [9.17, 15) is 23.1 Å². The lowest BCUT2D eigenvalue weighted by Crippen LogP contribution is -1.98. The molecule has 0 saturated heterocycles. The number of alkyl halides is 3. The highest BCUT2D eigenvalue weighted by Gasteiger charge is 2.29. The molecular formula is C18H13F3O3S. The fraction of sp³-hybridized carbons (Fsp3) is 0.167. The highest BCUT2D eigenvalue weighted by Crippen LogP contribution is 2.38. The second kappa shape index (κ2) is 6.48. The molecule has 2 aromatic carbocycles. The second-order valence-corrected chi connectivity index (χ2v) is 6.61. The van der Waals surface area contributed by atoms with Crippen LogP contribution in [0.15, 0.2) is 46.9 Å². The van der Waals surface area contributed by atoms with Gasteiger partial charge in [0.1, 0.15) is 0 Å². The summed E-state index contributed by atoms with van der Waals surface area (Å²) in [6.45, 7) is 0. The summed E-state index contributed by atoms with van der Waals surface area (Å²) in [6, 6.07) is 8.80. The number of phenolic OH excluding ortho intramolecular Hbond substituents is 1. The number of ether oxygens (including phenoxy) is 1. The van der Waals surface area contributed by atoms with E-state index in [1.165, 1.54) is 37.4 Å². The topological polar surface area (TPSA) is 46.5 Å². The fourth-order valence-electron chi connectivity index (χ4n) is 2.67. The Balaban J connectivity index is 1.84. The monoisotopic (exact) mass is 366 g/mol. The Labute approximate surface area is 146 Å². The van der Waals surface area contributed by atoms with Gasteiger partial charge in [-0.05, 0) is 53.2 Å². The number of carbonyl (C=O) groups is 1. The lowest BCUT2D eigenvalue weighted by atomic mass is 10.1. The number of Topliss-reactive ketones (excluding diaryl/α,β-unsaturated/α-hetero) is 1. The summed E-state index contributed by atoms with van der Waals surface area (Å²) in [5, 5.41) is 9.80. The summed E-state index contributed by atoms with van der Waals surface area (Å²) in [4.78, 5) is 12.5. The highest BCUT2D eigenvalue weighted by atomic mass is 32.2. The van der Waals surface area contributed by atoms with E-state index in [1.807, 2.05) is 0 Å². The molecule has 0 aromatic heterocycles. The maximum Gasteiger partial charge on any atom is 0.446 e. The van der Waals surface area contributed by atoms with E-state index in [0.29, 0.717) is 28.9 Å². The van der Waals surface area contributed by atoms with Gasteiger partial charge in [-0.2, -0.15) is 13.2 Å². The molecule has 1 aliphatic carbocycles. The minimum atomic E-state index is -4.33. The number of benzene rings is 2. The van der Waals surface area contributed by atoms with Crippen molar-refractivity contribution in [1.82, 2.24) is 0 Å². The van der Waals surface area contributed by atoms with E-state index in [-0.39, 0.29) is 28.2 Å². The molecule has 0 radical (unpaired) electrons. The second-order valence-electron chi connectivity index (χ2n) is 5.47. The minimum absolute atomic E-state index is 0.0883. The first-order valence-corrected chi connectivity index (χ1v) is 8.09. The SMILES string of the molecule is COc1cc2c(cc1O)C(=O)/C(=C/c1ccc(SC(F)(F)F)cc1)C2. The van der Waals surface area contributed by atoms with Crippen LogP contribution in [0.25, 0.3) is 6.08 Å². The lowest BCUT2D eigenvalue weighted by Gasteiger charge is -2.05. The molecular weight excluding hydrogens is 353 g/mol. The van der Waals surface area contributed by atoms with Crippen LogP contribution in [0.4, 0.5) is 13.2 Å². The van der Waals surface area contributed by atoms with E-state index < -0.39 is 5.51 Å². The number of hydrogen-bond donors (Lipinski definition) is 1. The van der Waals surface area contributed by atoms with Crippen LogP contribution in [0, 0.1) is 0 Å². The van der Waals surface area contributed by atoms with Crippen LogP contribution >= 0.6 is 11.8 Å². The van der Waals surface area contributed by atoms with Crippen LogP contribution in [-0.4, -0.2) is 23.5 Å². The van der Waals surface area contributed by atoms with Gasteiger partial charge in [0.25, 0.3) is 0 Å². The van der Waals surface area contributed by atoms with E-state index in [0.717, 1.165) is 5.56 Å². The standard InChI is InChI=1S/C18H13F3O3S/c1-24-16-8-11-7-12(17(23)14(11)9-15(16)22)6-10-2-4-13(5-3-10)25-18(19,20)21/h2-6,8-9,22H,7H2,1H3/b12-6+. The molecule has 25 heavy (non-hydrogen) atoms. The first-order valence-electron chi connectivity index (χ1n) is 7.28. The number of hydrogen-bond acceptors (Lipinski definition) is 4. The number of carbonyl (C=O) groups excluding carboxylic acids is 1. The molecule has 7 heteroatoms. The molecule has 0 fully saturated rings. The van der Waals surface area contributed by atoms with Gasteiger partial charge >= 0.3 is 5.51 Å². The van der Waals surface area contributed by atoms with Gasteiger partial charge < -0.3 is 9.84 Å². The third kappa shape index (κ3) is 3.82. The van der Waals surface area contributed by atoms with E-state index in [1.54, 1.807) is 12.1 Å². The molecule has 2 aromatic rings. The van der Waals surface area contributed by atoms with Gasteiger partial charge in [-0.1, -0.05) is 12.1 Å². The van der Waals surface area contributed by atoms with Crippen LogP contribution in [-0.2, 0) is 6.42 Å². The predicted octanol–water partition coefficient (Wildman–Crippen LogP) is 4.84. The maximum absolute atomic E-state index is 12.4. The number of aromatic hydroxyl groups is 1. The average molecular weight is 366 g/mol. The van der Waals surface area contributed by atoms with Gasteiger partial charge in [0.15, 0.2) is 17.3 Å². The van der Waals surface area contributed by atoms with Crippen LogP contribution in [0.1, 0.15) is 21.5 Å². The van der Waals surface area contributed by atoms with Crippen molar-refractivity contribution in [3.05, 3.63) is 58.7 Å². The molecule has 0 atom stereocenters. The number of thioether (sulfide) groups is 1. The van der Waals surface area contributed by atoms with Crippen molar-refractivity contribution in [2.45, 2.75) is 16.8 Å². The first kappa shape index (κ1) is 17.4. The zero-order valence-electron chi connectivity index (χ0n) is 13.1. The fourth-order valence-corrected chi connectivity index (χ4v) is 3.21. The molecule has 0 unspecified atom stereocenters. The van der Waals surface area contributed by atoms with Crippen molar-refractivity contribution in [2.24, 2.45) is 0 Å². The molecule has 0 amide bonds. The van der Waals surface area contributed by atoms with Gasteiger partial charge in [0.2, 0.25) is 0 Å². The first-order chi connectivity index (χ1) is 11.8. The van der Waals surface area contributed by atoms with Gasteiger partial charge in [-0.3, -0.25) is 4.79 Å². The van der Waals surface area contributed by atoms with E-state index in [2.05, 4.69) is 0 Å². The number of halogens is 3. The van der Waals surface area contributed by atoms with E-state index in [4.69, 9.17) is 4.74 Å². The molecule has 0 spiro atoms. The minimum Gasteiger partial charge on any atom is -0.504 e. The molecule has 0 aliphatic heterocycles. The molecule has 0 saturated carbocycles. The van der Waals surface area contributed by atoms with Crippen molar-refractivity contribution in [1.29, 1.82) is 0 Å². The Bertz CT molecular complexity index is 855. The van der Waals surface area contributed by atoms with Crippen LogP contribution in [0.2, 0.25) is 0 Å². The molecule has 0 heterocycles. The summed E-state index contributed by atoms with van der Waals surface area (Å²) in [7, 11) is 1.43. The van der Waals surface area contributed by atoms with Crippen molar-refractivity contribution in [3.63, 3.8) is 0 Å². The number of methoxy groups -OCH3 is 1. The zero-order chi connectivity index (χ0) is 18.2. The van der Waals surface area contributed by atoms with Crippen molar-refractivity contribution in [3.8, 4) is 11.5 Å². The van der Waals surface area contributed by atoms with Crippen molar-refractivity contribution >= 4 is 23.6 Å². The lowest BCUT2D eigenvalue weighted by molar-refractivity contribution is -0.0328. The summed E-state index contributed by atoms with van der Waals surface area (Å²) in [5.74, 6) is -0.0209. The Morgan fingerprint density at radius 1 is 1.20 bits per heavy atom. The van der Waals surface area contributed by atoms with Crippen LogP contribution in [0.3, 0.4) is 0 Å². The molecule has 0 bridgehead atoms. The predicted molar refractivity (Wildman–Crippen MR) is 89.0 cm³/mol. The Kier molecular flexibility index (Phi) is 4.51. The molecule has 1 aliphatic rings. The Hall–Kier alpha value is -2.41. The Morgan fingerprint density at radius 3 is 2.48 bits per heavy atom. The van der Waals surface area contributed by atoms with Crippen LogP contribution in [0.5, 0.6) is 11.5 Å². The summed E-state index contributed by atoms with van der Waals surface area (Å²) in [6.07, 6.45) is 2.03. The number of rotatable bonds is 3. The van der Waals surface area contributed by atoms with Crippen molar-refractivity contribution < 1.29 is 27.8 Å². The summed E-state index contributed by atoms with van der Waals surface area (Å²) >= 11 is -0.181. The largest absolute Gasteiger partial charge is 0.504 e. The summed E-state index contributed by atoms with van der Waals surface area (Å²) < 4.78 is 42.1. The average Bonchev–Trinajstić information content (AvgIpc) is 2.83. The Morgan fingerprint density at radius 2 is 1.88 bits per heavy atom. The number of phenols is 1. The van der Waals surface area contributed by atoms with Gasteiger partial charge in [0, 0.05) is 22.5 Å². The normalized spacial score (nSPS) is 15.5. The third-order valence-electron chi connectivity index (χ3n) is 3.78. The molecule has 1 N–H and O–H groups in total. The van der Waals surface area contributed by atoms with Gasteiger partial charge in [-0.25, -0.2) is 0 Å². The summed E-state index contributed by atoms with van der Waals surface area (Å²) in [5.41, 5.74) is -2.02. The highest BCUT2D eigenvalue weighted by molar-refractivity contribution is 8.00. The number of fused-ring (bicyclic) bond motifs is 1. The van der Waals surface area contributed by atoms with Crippen molar-refractivity contribution in [2.75, 3.05) is 7.11 Å². The van der Waals surface area contributed by atoms with E-state index >= 15 is 0 Å². The number of ketones is 1. The smallest absolute Gasteiger partial charge is 0.446 e. The quantitative estimate of drug-likeness (QED) is 0.624. The zero-order valence-corrected chi connectivity index (χ0v) is 13.9. The molecule has 3 nitrogen and oxygen atoms in total. The number of allylic oxidation sites excluding steroid dienone is 1. The molecule has 3 rings (SSSR count). The van der Waals surface area contributed by atoms with Crippen LogP contribution < -0.4 is 4.74 Å². The van der Waals surface area contributed by atoms with Gasteiger partial charge in [-0.15, -0.1) is 0 Å². The maximum atomic E-state index is 12.4. The molecule has 130 valence electrons. The third-order valence-corrected chi connectivity index (χ3v) is 4.52. The van der Waals surface area contributed by atoms with Gasteiger partial charge in [0.05, 0.1) is 7.11 Å².